The Kier molecular flexibility index (Phi) is 7.23. The van der Waals surface area contributed by atoms with Crippen molar-refractivity contribution in [2.75, 3.05) is 25.0 Å². The molecule has 0 heterocycles. The predicted octanol–water partition coefficient (Wildman–Crippen LogP) is 3.08. The van der Waals surface area contributed by atoms with Gasteiger partial charge in [0, 0.05) is 18.8 Å². The van der Waals surface area contributed by atoms with Crippen LogP contribution in [0.25, 0.3) is 0 Å². The highest BCUT2D eigenvalue weighted by atomic mass is 15.2. The van der Waals surface area contributed by atoms with E-state index in [1.165, 1.54) is 0 Å². The second kappa shape index (κ2) is 8.67. The number of anilines is 1. The molecule has 4 nitrogen and oxygen atoms in total. The summed E-state index contributed by atoms with van der Waals surface area (Å²) in [5, 5.41) is 6.74. The molecule has 1 aromatic rings. The van der Waals surface area contributed by atoms with Gasteiger partial charge in [0.1, 0.15) is 0 Å². The van der Waals surface area contributed by atoms with Gasteiger partial charge >= 0.3 is 0 Å². The number of hydrogen-bond donors (Lipinski definition) is 3. The normalized spacial score (nSPS) is 12.6. The molecule has 0 saturated carbocycles. The first kappa shape index (κ1) is 17.5. The van der Waals surface area contributed by atoms with E-state index in [1.807, 2.05) is 30.3 Å². The fourth-order valence-electron chi connectivity index (χ4n) is 1.63. The molecule has 1 aromatic carbocycles. The van der Waals surface area contributed by atoms with Crippen LogP contribution >= 0.6 is 0 Å². The van der Waals surface area contributed by atoms with Crippen LogP contribution in [0.5, 0.6) is 0 Å². The lowest BCUT2D eigenvalue weighted by Crippen LogP contribution is -2.34. The van der Waals surface area contributed by atoms with Crippen LogP contribution < -0.4 is 16.4 Å². The summed E-state index contributed by atoms with van der Waals surface area (Å²) >= 11 is 0. The van der Waals surface area contributed by atoms with Crippen molar-refractivity contribution in [3.05, 3.63) is 30.3 Å². The third-order valence-electron chi connectivity index (χ3n) is 3.27. The van der Waals surface area contributed by atoms with Crippen molar-refractivity contribution in [2.45, 2.75) is 34.1 Å². The molecule has 0 aromatic heterocycles. The lowest BCUT2D eigenvalue weighted by atomic mass is 9.94. The molecule has 0 atom stereocenters. The zero-order valence-electron chi connectivity index (χ0n) is 13.8. The summed E-state index contributed by atoms with van der Waals surface area (Å²) in [6.45, 7) is 10.9. The number of aliphatic imine (C=N–C) groups is 1. The SMILES string of the molecule is CC(C)CCNC(=NCC(C)(C)CN)Nc1ccccc1. The standard InChI is InChI=1S/C17H30N4/c1-14(2)10-11-19-16(20-13-17(3,4)12-18)21-15-8-6-5-7-9-15/h5-9,14H,10-13,18H2,1-4H3,(H2,19,20,21). The van der Waals surface area contributed by atoms with Gasteiger partial charge in [-0.25, -0.2) is 0 Å². The molecule has 1 rings (SSSR count). The maximum atomic E-state index is 5.77. The van der Waals surface area contributed by atoms with Gasteiger partial charge in [0.2, 0.25) is 0 Å². The van der Waals surface area contributed by atoms with Crippen molar-refractivity contribution < 1.29 is 0 Å². The Hall–Kier alpha value is -1.55. The first-order valence-corrected chi connectivity index (χ1v) is 7.73. The Morgan fingerprint density at radius 2 is 1.90 bits per heavy atom. The Labute approximate surface area is 129 Å². The van der Waals surface area contributed by atoms with Crippen molar-refractivity contribution >= 4 is 11.6 Å². The number of nitrogens with two attached hydrogens (primary N) is 1. The second-order valence-corrected chi connectivity index (χ2v) is 6.63. The molecule has 0 saturated heterocycles. The maximum absolute atomic E-state index is 5.77. The Balaban J connectivity index is 2.67. The average molecular weight is 290 g/mol. The highest BCUT2D eigenvalue weighted by Gasteiger charge is 2.15. The van der Waals surface area contributed by atoms with E-state index >= 15 is 0 Å². The fraction of sp³-hybridized carbons (Fsp3) is 0.588. The molecule has 0 aliphatic rings. The third-order valence-corrected chi connectivity index (χ3v) is 3.27. The molecule has 0 radical (unpaired) electrons. The van der Waals surface area contributed by atoms with E-state index in [0.29, 0.717) is 19.0 Å². The van der Waals surface area contributed by atoms with Crippen molar-refractivity contribution in [1.82, 2.24) is 5.32 Å². The van der Waals surface area contributed by atoms with Crippen molar-refractivity contribution in [2.24, 2.45) is 22.1 Å². The van der Waals surface area contributed by atoms with Gasteiger partial charge in [-0.15, -0.1) is 0 Å². The highest BCUT2D eigenvalue weighted by molar-refractivity contribution is 5.93. The van der Waals surface area contributed by atoms with Gasteiger partial charge in [-0.2, -0.15) is 0 Å². The number of guanidine groups is 1. The van der Waals surface area contributed by atoms with Crippen LogP contribution in [0.2, 0.25) is 0 Å². The minimum Gasteiger partial charge on any atom is -0.356 e. The van der Waals surface area contributed by atoms with Gasteiger partial charge in [-0.1, -0.05) is 45.9 Å². The second-order valence-electron chi connectivity index (χ2n) is 6.63. The number of para-hydroxylation sites is 1. The zero-order chi connectivity index (χ0) is 15.7. The molecule has 0 fully saturated rings. The summed E-state index contributed by atoms with van der Waals surface area (Å²) in [7, 11) is 0. The van der Waals surface area contributed by atoms with Crippen LogP contribution in [-0.2, 0) is 0 Å². The summed E-state index contributed by atoms with van der Waals surface area (Å²) < 4.78 is 0. The van der Waals surface area contributed by atoms with Gasteiger partial charge in [-0.05, 0) is 36.4 Å². The van der Waals surface area contributed by atoms with E-state index < -0.39 is 0 Å². The summed E-state index contributed by atoms with van der Waals surface area (Å²) in [6, 6.07) is 10.1. The molecule has 118 valence electrons. The average Bonchev–Trinajstić information content (AvgIpc) is 2.45. The van der Waals surface area contributed by atoms with Gasteiger partial charge < -0.3 is 16.4 Å². The number of rotatable bonds is 7. The molecule has 21 heavy (non-hydrogen) atoms. The summed E-state index contributed by atoms with van der Waals surface area (Å²) in [4.78, 5) is 4.67. The van der Waals surface area contributed by atoms with Crippen LogP contribution in [-0.4, -0.2) is 25.6 Å². The first-order valence-electron chi connectivity index (χ1n) is 7.73. The fourth-order valence-corrected chi connectivity index (χ4v) is 1.63. The molecule has 0 bridgehead atoms. The lowest BCUT2D eigenvalue weighted by molar-refractivity contribution is 0.393. The Morgan fingerprint density at radius 3 is 2.48 bits per heavy atom. The van der Waals surface area contributed by atoms with E-state index in [-0.39, 0.29) is 5.41 Å². The van der Waals surface area contributed by atoms with Crippen LogP contribution in [0.4, 0.5) is 5.69 Å². The first-order chi connectivity index (χ1) is 9.93. The van der Waals surface area contributed by atoms with Gasteiger partial charge in [0.05, 0.1) is 0 Å². The van der Waals surface area contributed by atoms with E-state index in [1.54, 1.807) is 0 Å². The van der Waals surface area contributed by atoms with Gasteiger partial charge in [0.25, 0.3) is 0 Å². The maximum Gasteiger partial charge on any atom is 0.195 e. The number of hydrogen-bond acceptors (Lipinski definition) is 2. The van der Waals surface area contributed by atoms with Crippen LogP contribution in [0.1, 0.15) is 34.1 Å². The largest absolute Gasteiger partial charge is 0.356 e. The molecule has 0 amide bonds. The van der Waals surface area contributed by atoms with Gasteiger partial charge in [-0.3, -0.25) is 4.99 Å². The summed E-state index contributed by atoms with van der Waals surface area (Å²) in [5.74, 6) is 1.50. The Bertz CT molecular complexity index is 424. The molecular weight excluding hydrogens is 260 g/mol. The third kappa shape index (κ3) is 7.71. The number of nitrogens with zero attached hydrogens (tertiary/aromatic N) is 1. The molecule has 0 spiro atoms. The van der Waals surface area contributed by atoms with Gasteiger partial charge in [0.15, 0.2) is 5.96 Å². The van der Waals surface area contributed by atoms with Crippen LogP contribution in [0.3, 0.4) is 0 Å². The molecular formula is C17H30N4. The minimum absolute atomic E-state index is 0.0172. The smallest absolute Gasteiger partial charge is 0.195 e. The summed E-state index contributed by atoms with van der Waals surface area (Å²) in [5.41, 5.74) is 6.83. The van der Waals surface area contributed by atoms with Crippen LogP contribution in [0.15, 0.2) is 35.3 Å². The van der Waals surface area contributed by atoms with E-state index in [4.69, 9.17) is 5.73 Å². The van der Waals surface area contributed by atoms with E-state index in [9.17, 15) is 0 Å². The number of nitrogens with one attached hydrogen (secondary N) is 2. The molecule has 0 aliphatic heterocycles. The lowest BCUT2D eigenvalue weighted by Gasteiger charge is -2.21. The van der Waals surface area contributed by atoms with Crippen LogP contribution in [0, 0.1) is 11.3 Å². The molecule has 4 heteroatoms. The van der Waals surface area contributed by atoms with E-state index in [2.05, 4.69) is 43.3 Å². The highest BCUT2D eigenvalue weighted by Crippen LogP contribution is 2.13. The monoisotopic (exact) mass is 290 g/mol. The molecule has 0 aliphatic carbocycles. The molecule has 4 N–H and O–H groups in total. The van der Waals surface area contributed by atoms with Crippen molar-refractivity contribution in [3.8, 4) is 0 Å². The summed E-state index contributed by atoms with van der Waals surface area (Å²) in [6.07, 6.45) is 1.12. The minimum atomic E-state index is 0.0172. The topological polar surface area (TPSA) is 62.4 Å². The Morgan fingerprint density at radius 1 is 1.24 bits per heavy atom. The quantitative estimate of drug-likeness (QED) is 0.534. The van der Waals surface area contributed by atoms with Crippen molar-refractivity contribution in [3.63, 3.8) is 0 Å². The molecule has 0 unspecified atom stereocenters. The number of benzene rings is 1. The zero-order valence-corrected chi connectivity index (χ0v) is 13.8. The predicted molar refractivity (Wildman–Crippen MR) is 92.7 cm³/mol. The van der Waals surface area contributed by atoms with E-state index in [0.717, 1.165) is 24.6 Å². The van der Waals surface area contributed by atoms with Crippen molar-refractivity contribution in [1.29, 1.82) is 0 Å².